The summed E-state index contributed by atoms with van der Waals surface area (Å²) in [6, 6.07) is 4.13. The molecule has 1 rings (SSSR count). The van der Waals surface area contributed by atoms with E-state index in [1.54, 1.807) is 0 Å². The summed E-state index contributed by atoms with van der Waals surface area (Å²) in [7, 11) is 4.42. The van der Waals surface area contributed by atoms with Crippen molar-refractivity contribution in [2.75, 3.05) is 47.6 Å². The van der Waals surface area contributed by atoms with Crippen LogP contribution in [0.2, 0.25) is 0 Å². The highest BCUT2D eigenvalue weighted by Gasteiger charge is 2.21. The molecule has 0 aliphatic heterocycles. The summed E-state index contributed by atoms with van der Waals surface area (Å²) in [5.41, 5.74) is -0.0218. The molecule has 0 aliphatic rings. The van der Waals surface area contributed by atoms with Gasteiger partial charge in [-0.15, -0.1) is 0 Å². The van der Waals surface area contributed by atoms with Crippen molar-refractivity contribution in [3.8, 4) is 5.75 Å². The van der Waals surface area contributed by atoms with Gasteiger partial charge in [0.2, 0.25) is 0 Å². The molecule has 122 valence electrons. The minimum Gasteiger partial charge on any atom is -0.490 e. The van der Waals surface area contributed by atoms with Gasteiger partial charge >= 0.3 is 5.69 Å². The molecule has 0 N–H and O–H groups in total. The largest absolute Gasteiger partial charge is 0.490 e. The van der Waals surface area contributed by atoms with Gasteiger partial charge in [0.1, 0.15) is 0 Å². The van der Waals surface area contributed by atoms with Crippen molar-refractivity contribution in [1.29, 1.82) is 0 Å². The van der Waals surface area contributed by atoms with Crippen LogP contribution in [-0.4, -0.2) is 63.4 Å². The molecule has 1 aromatic carbocycles. The third-order valence-corrected chi connectivity index (χ3v) is 3.04. The Morgan fingerprint density at radius 3 is 2.23 bits per heavy atom. The van der Waals surface area contributed by atoms with Gasteiger partial charge in [0.25, 0.3) is 5.91 Å². The van der Waals surface area contributed by atoms with Gasteiger partial charge < -0.3 is 19.1 Å². The summed E-state index contributed by atoms with van der Waals surface area (Å²) >= 11 is 0. The maximum absolute atomic E-state index is 12.5. The Kier molecular flexibility index (Phi) is 7.27. The van der Waals surface area contributed by atoms with Gasteiger partial charge in [0.05, 0.1) is 25.2 Å². The maximum atomic E-state index is 12.5. The molecule has 0 fully saturated rings. The fourth-order valence-corrected chi connectivity index (χ4v) is 1.87. The fourth-order valence-electron chi connectivity index (χ4n) is 1.87. The van der Waals surface area contributed by atoms with Gasteiger partial charge in [0, 0.05) is 38.9 Å². The highest BCUT2D eigenvalue weighted by molar-refractivity contribution is 5.95. The Balaban J connectivity index is 3.01. The minimum absolute atomic E-state index is 0.113. The zero-order valence-electron chi connectivity index (χ0n) is 12.9. The number of carbonyl (C=O) groups is 1. The van der Waals surface area contributed by atoms with Crippen LogP contribution in [0, 0.1) is 10.1 Å². The molecule has 0 spiro atoms. The van der Waals surface area contributed by atoms with E-state index in [0.717, 1.165) is 0 Å². The number of hydrogen-bond acceptors (Lipinski definition) is 6. The van der Waals surface area contributed by atoms with Crippen LogP contribution in [0.1, 0.15) is 10.4 Å². The van der Waals surface area contributed by atoms with Gasteiger partial charge in [-0.05, 0) is 12.1 Å². The first kappa shape index (κ1) is 17.9. The average Bonchev–Trinajstić information content (AvgIpc) is 2.53. The Bertz CT molecular complexity index is 512. The van der Waals surface area contributed by atoms with Crippen LogP contribution in [-0.2, 0) is 9.47 Å². The zero-order valence-corrected chi connectivity index (χ0v) is 12.9. The monoisotopic (exact) mass is 312 g/mol. The number of rotatable bonds is 9. The van der Waals surface area contributed by atoms with Crippen molar-refractivity contribution in [2.24, 2.45) is 0 Å². The maximum Gasteiger partial charge on any atom is 0.311 e. The van der Waals surface area contributed by atoms with Crippen molar-refractivity contribution in [2.45, 2.75) is 0 Å². The van der Waals surface area contributed by atoms with Crippen molar-refractivity contribution >= 4 is 11.6 Å². The van der Waals surface area contributed by atoms with Crippen LogP contribution in [0.3, 0.4) is 0 Å². The standard InChI is InChI=1S/C14H20N2O6/c1-20-8-6-15(7-9-21-2)14(17)11-4-5-13(22-3)12(10-11)16(18)19/h4-5,10H,6-9H2,1-3H3. The topological polar surface area (TPSA) is 91.1 Å². The first-order valence-electron chi connectivity index (χ1n) is 6.64. The van der Waals surface area contributed by atoms with Crippen molar-refractivity contribution in [3.05, 3.63) is 33.9 Å². The number of nitro benzene ring substituents is 1. The van der Waals surface area contributed by atoms with E-state index >= 15 is 0 Å². The number of ether oxygens (including phenoxy) is 3. The van der Waals surface area contributed by atoms with Crippen molar-refractivity contribution < 1.29 is 23.9 Å². The minimum atomic E-state index is -0.579. The number of benzene rings is 1. The summed E-state index contributed by atoms with van der Waals surface area (Å²) < 4.78 is 14.9. The van der Waals surface area contributed by atoms with Gasteiger partial charge in [-0.1, -0.05) is 0 Å². The molecular formula is C14H20N2O6. The first-order chi connectivity index (χ1) is 10.5. The lowest BCUT2D eigenvalue weighted by Gasteiger charge is -2.22. The molecule has 0 atom stereocenters. The summed E-state index contributed by atoms with van der Waals surface area (Å²) in [5, 5.41) is 11.0. The van der Waals surface area contributed by atoms with Crippen LogP contribution in [0.5, 0.6) is 5.75 Å². The zero-order chi connectivity index (χ0) is 16.5. The van der Waals surface area contributed by atoms with Gasteiger partial charge in [-0.3, -0.25) is 14.9 Å². The van der Waals surface area contributed by atoms with E-state index in [-0.39, 0.29) is 22.9 Å². The normalized spacial score (nSPS) is 10.3. The molecule has 8 nitrogen and oxygen atoms in total. The summed E-state index contributed by atoms with van der Waals surface area (Å²) in [5.74, 6) is -0.207. The lowest BCUT2D eigenvalue weighted by Crippen LogP contribution is -2.36. The Labute approximate surface area is 128 Å². The third kappa shape index (κ3) is 4.68. The number of nitrogens with zero attached hydrogens (tertiary/aromatic N) is 2. The van der Waals surface area contributed by atoms with E-state index < -0.39 is 4.92 Å². The average molecular weight is 312 g/mol. The molecule has 0 unspecified atom stereocenters. The van der Waals surface area contributed by atoms with E-state index in [9.17, 15) is 14.9 Å². The molecule has 0 aromatic heterocycles. The predicted octanol–water partition coefficient (Wildman–Crippen LogP) is 1.34. The molecule has 1 amide bonds. The summed E-state index contributed by atoms with van der Waals surface area (Å²) in [4.78, 5) is 24.5. The van der Waals surface area contributed by atoms with E-state index in [1.165, 1.54) is 44.4 Å². The Hall–Kier alpha value is -2.19. The molecule has 22 heavy (non-hydrogen) atoms. The molecule has 0 aliphatic carbocycles. The summed E-state index contributed by atoms with van der Waals surface area (Å²) in [6.07, 6.45) is 0. The number of amides is 1. The molecule has 0 radical (unpaired) electrons. The van der Waals surface area contributed by atoms with Crippen LogP contribution >= 0.6 is 0 Å². The SMILES string of the molecule is COCCN(CCOC)C(=O)c1ccc(OC)c([N+](=O)[O-])c1. The quantitative estimate of drug-likeness (QED) is 0.505. The van der Waals surface area contributed by atoms with Gasteiger partial charge in [-0.2, -0.15) is 0 Å². The Morgan fingerprint density at radius 2 is 1.77 bits per heavy atom. The van der Waals surface area contributed by atoms with Gasteiger partial charge in [0.15, 0.2) is 5.75 Å². The number of methoxy groups -OCH3 is 3. The lowest BCUT2D eigenvalue weighted by atomic mass is 10.1. The molecular weight excluding hydrogens is 292 g/mol. The number of hydrogen-bond donors (Lipinski definition) is 0. The molecule has 0 heterocycles. The highest BCUT2D eigenvalue weighted by atomic mass is 16.6. The fraction of sp³-hybridized carbons (Fsp3) is 0.500. The van der Waals surface area contributed by atoms with E-state index in [4.69, 9.17) is 14.2 Å². The van der Waals surface area contributed by atoms with Crippen LogP contribution < -0.4 is 4.74 Å². The van der Waals surface area contributed by atoms with E-state index in [2.05, 4.69) is 0 Å². The Morgan fingerprint density at radius 1 is 1.18 bits per heavy atom. The van der Waals surface area contributed by atoms with Crippen LogP contribution in [0.4, 0.5) is 5.69 Å². The van der Waals surface area contributed by atoms with Crippen molar-refractivity contribution in [3.63, 3.8) is 0 Å². The van der Waals surface area contributed by atoms with Crippen LogP contribution in [0.15, 0.2) is 18.2 Å². The third-order valence-electron chi connectivity index (χ3n) is 3.04. The van der Waals surface area contributed by atoms with E-state index in [0.29, 0.717) is 26.3 Å². The van der Waals surface area contributed by atoms with Gasteiger partial charge in [-0.25, -0.2) is 0 Å². The predicted molar refractivity (Wildman–Crippen MR) is 79.3 cm³/mol. The highest BCUT2D eigenvalue weighted by Crippen LogP contribution is 2.27. The van der Waals surface area contributed by atoms with Crippen molar-refractivity contribution in [1.82, 2.24) is 4.90 Å². The molecule has 0 bridgehead atoms. The second-order valence-corrected chi connectivity index (χ2v) is 4.42. The second-order valence-electron chi connectivity index (χ2n) is 4.42. The van der Waals surface area contributed by atoms with E-state index in [1.807, 2.05) is 0 Å². The summed E-state index contributed by atoms with van der Waals surface area (Å²) in [6.45, 7) is 1.48. The number of carbonyl (C=O) groups excluding carboxylic acids is 1. The molecule has 8 heteroatoms. The lowest BCUT2D eigenvalue weighted by molar-refractivity contribution is -0.385. The van der Waals surface area contributed by atoms with Crippen LogP contribution in [0.25, 0.3) is 0 Å². The number of nitro groups is 1. The second kappa shape index (κ2) is 8.96. The molecule has 0 saturated carbocycles. The molecule has 1 aromatic rings. The smallest absolute Gasteiger partial charge is 0.311 e. The first-order valence-corrected chi connectivity index (χ1v) is 6.64. The molecule has 0 saturated heterocycles.